The van der Waals surface area contributed by atoms with Crippen molar-refractivity contribution in [1.82, 2.24) is 15.1 Å². The van der Waals surface area contributed by atoms with E-state index >= 15 is 0 Å². The Balaban J connectivity index is 1.77. The van der Waals surface area contributed by atoms with Crippen molar-refractivity contribution in [2.45, 2.75) is 13.3 Å². The number of H-pyrrole nitrogens is 1. The maximum atomic E-state index is 12.7. The molecule has 0 fully saturated rings. The number of amides is 2. The number of fused-ring (bicyclic) bond motifs is 1. The number of nitrogens with one attached hydrogen (secondary N) is 2. The van der Waals surface area contributed by atoms with Gasteiger partial charge in [0.25, 0.3) is 11.5 Å². The van der Waals surface area contributed by atoms with Gasteiger partial charge in [0.05, 0.1) is 11.9 Å². The van der Waals surface area contributed by atoms with E-state index < -0.39 is 5.91 Å². The minimum Gasteiger partial charge on any atom is -0.331 e. The van der Waals surface area contributed by atoms with Crippen LogP contribution in [0.15, 0.2) is 53.3 Å². The minimum atomic E-state index is -0.443. The third-order valence-electron chi connectivity index (χ3n) is 4.30. The summed E-state index contributed by atoms with van der Waals surface area (Å²) >= 11 is 0. The van der Waals surface area contributed by atoms with Gasteiger partial charge in [0.2, 0.25) is 5.91 Å². The van der Waals surface area contributed by atoms with Crippen LogP contribution in [0.2, 0.25) is 0 Å². The number of aromatic nitrogens is 2. The summed E-state index contributed by atoms with van der Waals surface area (Å²) in [6.45, 7) is 1.87. The first-order valence-electron chi connectivity index (χ1n) is 8.62. The van der Waals surface area contributed by atoms with Crippen molar-refractivity contribution in [3.05, 3.63) is 70.1 Å². The summed E-state index contributed by atoms with van der Waals surface area (Å²) < 4.78 is 0. The van der Waals surface area contributed by atoms with Gasteiger partial charge in [0.1, 0.15) is 0 Å². The molecule has 0 aliphatic carbocycles. The van der Waals surface area contributed by atoms with E-state index in [1.807, 2.05) is 31.2 Å². The molecule has 0 radical (unpaired) electrons. The predicted molar refractivity (Wildman–Crippen MR) is 104 cm³/mol. The molecule has 0 atom stereocenters. The molecular formula is C20H20N4O3. The van der Waals surface area contributed by atoms with Crippen LogP contribution in [0.1, 0.15) is 23.0 Å². The standard InChI is InChI=1S/C20H20N4O3/c1-3-13-8-4-7-11-16(13)21-17(25)12-24(2)20(27)18-14-9-5-6-10-15(14)19(26)23-22-18/h4-11H,3,12H2,1-2H3,(H,21,25)(H,23,26). The van der Waals surface area contributed by atoms with E-state index in [2.05, 4.69) is 15.5 Å². The third kappa shape index (κ3) is 3.87. The van der Waals surface area contributed by atoms with Crippen LogP contribution >= 0.6 is 0 Å². The second-order valence-corrected chi connectivity index (χ2v) is 6.17. The largest absolute Gasteiger partial charge is 0.331 e. The van der Waals surface area contributed by atoms with E-state index in [0.717, 1.165) is 17.7 Å². The molecular weight excluding hydrogens is 344 g/mol. The molecule has 7 nitrogen and oxygen atoms in total. The molecule has 0 aliphatic rings. The maximum absolute atomic E-state index is 12.7. The lowest BCUT2D eigenvalue weighted by Gasteiger charge is -2.17. The van der Waals surface area contributed by atoms with Crippen molar-refractivity contribution in [3.63, 3.8) is 0 Å². The Morgan fingerprint density at radius 2 is 1.74 bits per heavy atom. The van der Waals surface area contributed by atoms with Crippen LogP contribution in [0.4, 0.5) is 5.69 Å². The molecule has 0 saturated carbocycles. The first-order valence-corrected chi connectivity index (χ1v) is 8.62. The summed E-state index contributed by atoms with van der Waals surface area (Å²) in [5, 5.41) is 9.89. The summed E-state index contributed by atoms with van der Waals surface area (Å²) in [6.07, 6.45) is 0.790. The lowest BCUT2D eigenvalue weighted by atomic mass is 10.1. The van der Waals surface area contributed by atoms with Crippen molar-refractivity contribution >= 4 is 28.3 Å². The third-order valence-corrected chi connectivity index (χ3v) is 4.30. The lowest BCUT2D eigenvalue weighted by Crippen LogP contribution is -2.36. The summed E-state index contributed by atoms with van der Waals surface area (Å²) in [5.41, 5.74) is 1.50. The van der Waals surface area contributed by atoms with Crippen molar-refractivity contribution in [3.8, 4) is 0 Å². The van der Waals surface area contributed by atoms with Crippen molar-refractivity contribution in [1.29, 1.82) is 0 Å². The SMILES string of the molecule is CCc1ccccc1NC(=O)CN(C)C(=O)c1n[nH]c(=O)c2ccccc12. The van der Waals surface area contributed by atoms with E-state index in [0.29, 0.717) is 10.8 Å². The monoisotopic (exact) mass is 364 g/mol. The number of benzene rings is 2. The Hall–Kier alpha value is -3.48. The van der Waals surface area contributed by atoms with Gasteiger partial charge in [0.15, 0.2) is 5.69 Å². The summed E-state index contributed by atoms with van der Waals surface area (Å²) in [7, 11) is 1.52. The van der Waals surface area contributed by atoms with Crippen LogP contribution in [-0.4, -0.2) is 40.5 Å². The predicted octanol–water partition coefficient (Wildman–Crippen LogP) is 2.20. The Labute approximate surface area is 156 Å². The van der Waals surface area contributed by atoms with Crippen LogP contribution < -0.4 is 10.9 Å². The van der Waals surface area contributed by atoms with E-state index in [1.165, 1.54) is 11.9 Å². The van der Waals surface area contributed by atoms with Crippen molar-refractivity contribution in [2.24, 2.45) is 0 Å². The average molecular weight is 364 g/mol. The zero-order chi connectivity index (χ0) is 19.4. The number of likely N-dealkylation sites (N-methyl/N-ethyl adjacent to an activating group) is 1. The van der Waals surface area contributed by atoms with Crippen LogP contribution in [0.3, 0.4) is 0 Å². The Kier molecular flexibility index (Phi) is 5.30. The van der Waals surface area contributed by atoms with Gasteiger partial charge in [-0.05, 0) is 24.1 Å². The number of para-hydroxylation sites is 1. The Morgan fingerprint density at radius 3 is 2.48 bits per heavy atom. The molecule has 138 valence electrons. The van der Waals surface area contributed by atoms with Gasteiger partial charge in [-0.25, -0.2) is 5.10 Å². The highest BCUT2D eigenvalue weighted by molar-refractivity contribution is 6.06. The van der Waals surface area contributed by atoms with Gasteiger partial charge in [0, 0.05) is 18.1 Å². The topological polar surface area (TPSA) is 95.2 Å². The second kappa shape index (κ2) is 7.82. The molecule has 2 aromatic carbocycles. The molecule has 2 amide bonds. The number of aromatic amines is 1. The number of hydrogen-bond acceptors (Lipinski definition) is 4. The fourth-order valence-corrected chi connectivity index (χ4v) is 2.89. The summed E-state index contributed by atoms with van der Waals surface area (Å²) in [5.74, 6) is -0.748. The van der Waals surface area contributed by atoms with Gasteiger partial charge in [-0.15, -0.1) is 0 Å². The number of rotatable bonds is 5. The van der Waals surface area contributed by atoms with E-state index in [4.69, 9.17) is 0 Å². The molecule has 27 heavy (non-hydrogen) atoms. The van der Waals surface area contributed by atoms with E-state index in [1.54, 1.807) is 24.3 Å². The highest BCUT2D eigenvalue weighted by Crippen LogP contribution is 2.16. The number of aryl methyl sites for hydroxylation is 1. The van der Waals surface area contributed by atoms with Crippen LogP contribution in [0, 0.1) is 0 Å². The number of nitrogens with zero attached hydrogens (tertiary/aromatic N) is 2. The zero-order valence-corrected chi connectivity index (χ0v) is 15.2. The fourth-order valence-electron chi connectivity index (χ4n) is 2.89. The minimum absolute atomic E-state index is 0.106. The quantitative estimate of drug-likeness (QED) is 0.725. The number of carbonyl (C=O) groups excluding carboxylic acids is 2. The van der Waals surface area contributed by atoms with E-state index in [-0.39, 0.29) is 23.7 Å². The molecule has 7 heteroatoms. The normalized spacial score (nSPS) is 10.6. The van der Waals surface area contributed by atoms with Gasteiger partial charge < -0.3 is 10.2 Å². The molecule has 2 N–H and O–H groups in total. The first-order chi connectivity index (χ1) is 13.0. The van der Waals surface area contributed by atoms with Gasteiger partial charge >= 0.3 is 0 Å². The average Bonchev–Trinajstić information content (AvgIpc) is 2.68. The smallest absolute Gasteiger partial charge is 0.275 e. The molecule has 0 unspecified atom stereocenters. The molecule has 3 aromatic rings. The second-order valence-electron chi connectivity index (χ2n) is 6.17. The maximum Gasteiger partial charge on any atom is 0.275 e. The number of carbonyl (C=O) groups is 2. The summed E-state index contributed by atoms with van der Waals surface area (Å²) in [6, 6.07) is 14.3. The molecule has 0 bridgehead atoms. The van der Waals surface area contributed by atoms with Crippen LogP contribution in [-0.2, 0) is 11.2 Å². The Morgan fingerprint density at radius 1 is 1.07 bits per heavy atom. The molecule has 0 aliphatic heterocycles. The molecule has 3 rings (SSSR count). The van der Waals surface area contributed by atoms with Crippen LogP contribution in [0.25, 0.3) is 10.8 Å². The summed E-state index contributed by atoms with van der Waals surface area (Å²) in [4.78, 5) is 38.2. The fraction of sp³-hybridized carbons (Fsp3) is 0.200. The van der Waals surface area contributed by atoms with Gasteiger partial charge in [-0.3, -0.25) is 14.4 Å². The van der Waals surface area contributed by atoms with Crippen molar-refractivity contribution < 1.29 is 9.59 Å². The molecule has 1 aromatic heterocycles. The van der Waals surface area contributed by atoms with Gasteiger partial charge in [-0.1, -0.05) is 43.3 Å². The zero-order valence-electron chi connectivity index (χ0n) is 15.2. The highest BCUT2D eigenvalue weighted by atomic mass is 16.2. The number of hydrogen-bond donors (Lipinski definition) is 2. The van der Waals surface area contributed by atoms with E-state index in [9.17, 15) is 14.4 Å². The molecule has 0 spiro atoms. The molecule has 0 saturated heterocycles. The number of anilines is 1. The molecule has 1 heterocycles. The lowest BCUT2D eigenvalue weighted by molar-refractivity contribution is -0.116. The highest BCUT2D eigenvalue weighted by Gasteiger charge is 2.20. The van der Waals surface area contributed by atoms with Crippen LogP contribution in [0.5, 0.6) is 0 Å². The van der Waals surface area contributed by atoms with Crippen molar-refractivity contribution in [2.75, 3.05) is 18.9 Å². The first kappa shape index (κ1) is 18.3. The Bertz CT molecular complexity index is 1060. The van der Waals surface area contributed by atoms with Gasteiger partial charge in [-0.2, -0.15) is 5.10 Å².